The van der Waals surface area contributed by atoms with Crippen molar-refractivity contribution in [2.24, 2.45) is 18.4 Å². The SMILES string of the molecule is C[C@@H](C1CCN(c2ccc3c(C4CCC(=O)NC4=O)nn(C)c3c2)CC1)N1CCC2(CCNCC2)CC1. The van der Waals surface area contributed by atoms with Crippen LogP contribution >= 0.6 is 0 Å². The third kappa shape index (κ3) is 4.78. The summed E-state index contributed by atoms with van der Waals surface area (Å²) in [5.74, 6) is -0.00887. The van der Waals surface area contributed by atoms with Gasteiger partial charge in [0.2, 0.25) is 11.8 Å². The zero-order valence-corrected chi connectivity index (χ0v) is 22.5. The number of hydrogen-bond acceptors (Lipinski definition) is 6. The first-order valence-corrected chi connectivity index (χ1v) is 14.4. The van der Waals surface area contributed by atoms with E-state index in [0.717, 1.165) is 35.6 Å². The lowest BCUT2D eigenvalue weighted by Gasteiger charge is -2.48. The molecule has 0 radical (unpaired) electrons. The number of likely N-dealkylation sites (tertiary alicyclic amines) is 1. The van der Waals surface area contributed by atoms with Crippen LogP contribution in [0, 0.1) is 11.3 Å². The fourth-order valence-corrected chi connectivity index (χ4v) is 7.48. The number of carbonyl (C=O) groups excluding carboxylic acids is 2. The van der Waals surface area contributed by atoms with Crippen molar-refractivity contribution in [1.82, 2.24) is 25.3 Å². The first-order valence-electron chi connectivity index (χ1n) is 14.4. The molecule has 1 aromatic heterocycles. The van der Waals surface area contributed by atoms with E-state index in [9.17, 15) is 9.59 Å². The molecular weight excluding hydrogens is 464 g/mol. The number of rotatable bonds is 4. The van der Waals surface area contributed by atoms with E-state index in [1.165, 1.54) is 70.4 Å². The Morgan fingerprint density at radius 1 is 1.00 bits per heavy atom. The molecule has 0 saturated carbocycles. The van der Waals surface area contributed by atoms with Crippen molar-refractivity contribution in [2.45, 2.75) is 70.3 Å². The van der Waals surface area contributed by atoms with Gasteiger partial charge in [-0.3, -0.25) is 19.6 Å². The van der Waals surface area contributed by atoms with E-state index in [1.807, 2.05) is 11.7 Å². The van der Waals surface area contributed by atoms with Crippen LogP contribution in [0.2, 0.25) is 0 Å². The predicted octanol–water partition coefficient (Wildman–Crippen LogP) is 3.16. The summed E-state index contributed by atoms with van der Waals surface area (Å²) in [6.45, 7) is 9.60. The smallest absolute Gasteiger partial charge is 0.235 e. The first-order chi connectivity index (χ1) is 17.9. The van der Waals surface area contributed by atoms with E-state index in [4.69, 9.17) is 5.10 Å². The lowest BCUT2D eigenvalue weighted by molar-refractivity contribution is -0.134. The van der Waals surface area contributed by atoms with Gasteiger partial charge in [0.25, 0.3) is 0 Å². The van der Waals surface area contributed by atoms with E-state index < -0.39 is 0 Å². The molecule has 200 valence electrons. The van der Waals surface area contributed by atoms with Gasteiger partial charge in [0.1, 0.15) is 0 Å². The minimum absolute atomic E-state index is 0.188. The van der Waals surface area contributed by atoms with Gasteiger partial charge in [-0.15, -0.1) is 0 Å². The Kier molecular flexibility index (Phi) is 6.74. The minimum atomic E-state index is -0.357. The van der Waals surface area contributed by atoms with Crippen molar-refractivity contribution in [2.75, 3.05) is 44.2 Å². The molecule has 0 bridgehead atoms. The van der Waals surface area contributed by atoms with Gasteiger partial charge in [-0.25, -0.2) is 0 Å². The molecule has 4 fully saturated rings. The van der Waals surface area contributed by atoms with Gasteiger partial charge in [-0.1, -0.05) is 0 Å². The lowest BCUT2D eigenvalue weighted by Crippen LogP contribution is -2.51. The molecule has 2 atom stereocenters. The molecule has 5 heterocycles. The van der Waals surface area contributed by atoms with Crippen molar-refractivity contribution in [3.8, 4) is 0 Å². The number of aryl methyl sites for hydroxylation is 1. The second kappa shape index (κ2) is 10.0. The predicted molar refractivity (Wildman–Crippen MR) is 146 cm³/mol. The van der Waals surface area contributed by atoms with Gasteiger partial charge in [0.05, 0.1) is 17.1 Å². The van der Waals surface area contributed by atoms with Crippen LogP contribution in [0.15, 0.2) is 18.2 Å². The molecular formula is C29H42N6O2. The van der Waals surface area contributed by atoms with Crippen molar-refractivity contribution in [1.29, 1.82) is 0 Å². The van der Waals surface area contributed by atoms with Crippen LogP contribution in [0.4, 0.5) is 5.69 Å². The first kappa shape index (κ1) is 24.9. The molecule has 4 aliphatic rings. The standard InChI is InChI=1S/C29H42N6O2/c1-20(34-17-11-29(12-18-34)9-13-30-14-10-29)21-7-15-35(16-8-21)22-3-4-23-25(19-22)33(2)32-27(23)24-5-6-26(36)31-28(24)37/h3-4,19-21,24,30H,5-18H2,1-2H3,(H,31,36,37)/t20-,24?/m0/s1. The van der Waals surface area contributed by atoms with Gasteiger partial charge in [0.15, 0.2) is 0 Å². The maximum Gasteiger partial charge on any atom is 0.235 e. The van der Waals surface area contributed by atoms with Gasteiger partial charge < -0.3 is 15.1 Å². The van der Waals surface area contributed by atoms with Crippen LogP contribution in [0.1, 0.15) is 69.9 Å². The Labute approximate surface area is 220 Å². The molecule has 1 spiro atoms. The molecule has 2 aromatic rings. The molecule has 4 saturated heterocycles. The maximum atomic E-state index is 12.5. The highest BCUT2D eigenvalue weighted by Gasteiger charge is 2.38. The number of amides is 2. The van der Waals surface area contributed by atoms with E-state index in [0.29, 0.717) is 24.3 Å². The highest BCUT2D eigenvalue weighted by molar-refractivity contribution is 6.02. The number of benzene rings is 1. The molecule has 8 heteroatoms. The maximum absolute atomic E-state index is 12.5. The number of nitrogens with one attached hydrogen (secondary N) is 2. The summed E-state index contributed by atoms with van der Waals surface area (Å²) in [5.41, 5.74) is 3.69. The highest BCUT2D eigenvalue weighted by atomic mass is 16.2. The third-order valence-electron chi connectivity index (χ3n) is 10.1. The molecule has 0 aliphatic carbocycles. The van der Waals surface area contributed by atoms with Gasteiger partial charge in [-0.2, -0.15) is 5.10 Å². The summed E-state index contributed by atoms with van der Waals surface area (Å²) in [4.78, 5) is 29.3. The molecule has 4 aliphatic heterocycles. The molecule has 37 heavy (non-hydrogen) atoms. The van der Waals surface area contributed by atoms with Gasteiger partial charge in [0, 0.05) is 43.7 Å². The van der Waals surface area contributed by atoms with Crippen LogP contribution < -0.4 is 15.5 Å². The van der Waals surface area contributed by atoms with E-state index >= 15 is 0 Å². The van der Waals surface area contributed by atoms with Gasteiger partial charge >= 0.3 is 0 Å². The quantitative estimate of drug-likeness (QED) is 0.620. The number of carbonyl (C=O) groups is 2. The molecule has 8 nitrogen and oxygen atoms in total. The normalized spacial score (nSPS) is 26.5. The Hall–Kier alpha value is -2.45. The number of fused-ring (bicyclic) bond motifs is 1. The van der Waals surface area contributed by atoms with E-state index in [1.54, 1.807) is 0 Å². The fraction of sp³-hybridized carbons (Fsp3) is 0.690. The van der Waals surface area contributed by atoms with Crippen LogP contribution in [0.3, 0.4) is 0 Å². The van der Waals surface area contributed by atoms with E-state index in [2.05, 4.69) is 45.6 Å². The highest BCUT2D eigenvalue weighted by Crippen LogP contribution is 2.41. The van der Waals surface area contributed by atoms with Crippen LogP contribution in [-0.4, -0.2) is 71.8 Å². The van der Waals surface area contributed by atoms with Crippen molar-refractivity contribution < 1.29 is 9.59 Å². The topological polar surface area (TPSA) is 82.5 Å². The summed E-state index contributed by atoms with van der Waals surface area (Å²) in [6, 6.07) is 7.20. The second-order valence-corrected chi connectivity index (χ2v) is 12.1. The fourth-order valence-electron chi connectivity index (χ4n) is 7.48. The number of imide groups is 1. The van der Waals surface area contributed by atoms with Crippen LogP contribution in [0.25, 0.3) is 10.9 Å². The summed E-state index contributed by atoms with van der Waals surface area (Å²) >= 11 is 0. The summed E-state index contributed by atoms with van der Waals surface area (Å²) < 4.78 is 1.89. The second-order valence-electron chi connectivity index (χ2n) is 12.1. The number of nitrogens with zero attached hydrogens (tertiary/aromatic N) is 4. The largest absolute Gasteiger partial charge is 0.371 e. The Morgan fingerprint density at radius 2 is 1.73 bits per heavy atom. The zero-order chi connectivity index (χ0) is 25.6. The Balaban J connectivity index is 1.08. The number of piperidine rings is 4. The van der Waals surface area contributed by atoms with Crippen LogP contribution in [-0.2, 0) is 16.6 Å². The molecule has 1 unspecified atom stereocenters. The molecule has 2 amide bonds. The summed E-state index contributed by atoms with van der Waals surface area (Å²) in [7, 11) is 1.95. The average molecular weight is 507 g/mol. The van der Waals surface area contributed by atoms with Crippen molar-refractivity contribution in [3.05, 3.63) is 23.9 Å². The van der Waals surface area contributed by atoms with E-state index in [-0.39, 0.29) is 17.7 Å². The lowest BCUT2D eigenvalue weighted by atomic mass is 9.71. The summed E-state index contributed by atoms with van der Waals surface area (Å²) in [5, 5.41) is 11.7. The van der Waals surface area contributed by atoms with Gasteiger partial charge in [-0.05, 0) is 108 Å². The number of aromatic nitrogens is 2. The monoisotopic (exact) mass is 506 g/mol. The van der Waals surface area contributed by atoms with Crippen LogP contribution in [0.5, 0.6) is 0 Å². The molecule has 6 rings (SSSR count). The summed E-state index contributed by atoms with van der Waals surface area (Å²) in [6.07, 6.45) is 8.85. The van der Waals surface area contributed by atoms with Crippen molar-refractivity contribution >= 4 is 28.4 Å². The number of hydrogen-bond donors (Lipinski definition) is 2. The Morgan fingerprint density at radius 3 is 2.43 bits per heavy atom. The molecule has 2 N–H and O–H groups in total. The minimum Gasteiger partial charge on any atom is -0.371 e. The molecule has 1 aromatic carbocycles. The van der Waals surface area contributed by atoms with Crippen molar-refractivity contribution in [3.63, 3.8) is 0 Å². The Bertz CT molecular complexity index is 1150. The number of anilines is 1. The average Bonchev–Trinajstić information content (AvgIpc) is 3.25. The zero-order valence-electron chi connectivity index (χ0n) is 22.5. The third-order valence-corrected chi connectivity index (χ3v) is 10.1.